The third-order valence-electron chi connectivity index (χ3n) is 1.85. The van der Waals surface area contributed by atoms with Crippen LogP contribution in [0.1, 0.15) is 16.7 Å². The molecule has 0 atom stereocenters. The molecule has 0 saturated carbocycles. The van der Waals surface area contributed by atoms with Crippen LogP contribution in [-0.2, 0) is 0 Å². The topological polar surface area (TPSA) is 50.4 Å². The molecule has 0 saturated heterocycles. The Bertz CT molecular complexity index is 392. The SMILES string of the molecule is Cc1cc(C=NNC(N)=S)cc(C)c1F. The van der Waals surface area contributed by atoms with Crippen molar-refractivity contribution in [1.29, 1.82) is 0 Å². The van der Waals surface area contributed by atoms with Crippen molar-refractivity contribution in [3.63, 3.8) is 0 Å². The largest absolute Gasteiger partial charge is 0.375 e. The van der Waals surface area contributed by atoms with Gasteiger partial charge in [-0.05, 0) is 54.9 Å². The first kappa shape index (κ1) is 11.6. The number of benzene rings is 1. The van der Waals surface area contributed by atoms with Crippen molar-refractivity contribution in [3.8, 4) is 0 Å². The molecule has 0 fully saturated rings. The highest BCUT2D eigenvalue weighted by Gasteiger charge is 2.02. The number of hydrogen-bond donors (Lipinski definition) is 2. The molecule has 80 valence electrons. The lowest BCUT2D eigenvalue weighted by Gasteiger charge is -2.02. The predicted molar refractivity (Wildman–Crippen MR) is 63.4 cm³/mol. The first-order valence-electron chi connectivity index (χ1n) is 4.36. The number of nitrogens with one attached hydrogen (secondary N) is 1. The Morgan fingerprint density at radius 3 is 2.47 bits per heavy atom. The summed E-state index contributed by atoms with van der Waals surface area (Å²) in [6.07, 6.45) is 1.54. The molecule has 0 aliphatic rings. The molecule has 0 heterocycles. The third kappa shape index (κ3) is 3.28. The fraction of sp³-hybridized carbons (Fsp3) is 0.200. The minimum Gasteiger partial charge on any atom is -0.375 e. The summed E-state index contributed by atoms with van der Waals surface area (Å²) in [6, 6.07) is 3.40. The second kappa shape index (κ2) is 4.84. The van der Waals surface area contributed by atoms with E-state index >= 15 is 0 Å². The van der Waals surface area contributed by atoms with Gasteiger partial charge in [0.05, 0.1) is 6.21 Å². The first-order chi connectivity index (χ1) is 7.00. The quantitative estimate of drug-likeness (QED) is 0.457. The molecular weight excluding hydrogens is 213 g/mol. The maximum absolute atomic E-state index is 13.3. The van der Waals surface area contributed by atoms with Crippen LogP contribution in [0.15, 0.2) is 17.2 Å². The van der Waals surface area contributed by atoms with E-state index in [2.05, 4.69) is 22.7 Å². The Morgan fingerprint density at radius 2 is 2.00 bits per heavy atom. The van der Waals surface area contributed by atoms with Crippen molar-refractivity contribution in [2.75, 3.05) is 0 Å². The summed E-state index contributed by atoms with van der Waals surface area (Å²) < 4.78 is 13.3. The summed E-state index contributed by atoms with van der Waals surface area (Å²) in [4.78, 5) is 0. The van der Waals surface area contributed by atoms with E-state index in [0.29, 0.717) is 11.1 Å². The van der Waals surface area contributed by atoms with Crippen LogP contribution in [0, 0.1) is 19.7 Å². The molecule has 1 aromatic carbocycles. The molecule has 0 aromatic heterocycles. The van der Waals surface area contributed by atoms with Crippen LogP contribution in [-0.4, -0.2) is 11.3 Å². The highest BCUT2D eigenvalue weighted by molar-refractivity contribution is 7.80. The van der Waals surface area contributed by atoms with E-state index < -0.39 is 0 Å². The lowest BCUT2D eigenvalue weighted by molar-refractivity contribution is 0.609. The number of halogens is 1. The summed E-state index contributed by atoms with van der Waals surface area (Å²) >= 11 is 4.58. The monoisotopic (exact) mass is 225 g/mol. The Balaban J connectivity index is 2.87. The zero-order chi connectivity index (χ0) is 11.4. The van der Waals surface area contributed by atoms with Gasteiger partial charge in [0, 0.05) is 0 Å². The summed E-state index contributed by atoms with van der Waals surface area (Å²) in [6.45, 7) is 3.42. The number of rotatable bonds is 2. The lowest BCUT2D eigenvalue weighted by Crippen LogP contribution is -2.24. The van der Waals surface area contributed by atoms with E-state index in [-0.39, 0.29) is 10.9 Å². The van der Waals surface area contributed by atoms with Gasteiger partial charge in [-0.15, -0.1) is 0 Å². The van der Waals surface area contributed by atoms with Gasteiger partial charge in [-0.1, -0.05) is 0 Å². The number of hydrogen-bond acceptors (Lipinski definition) is 2. The van der Waals surface area contributed by atoms with Crippen LogP contribution in [0.5, 0.6) is 0 Å². The Labute approximate surface area is 93.2 Å². The average Bonchev–Trinajstić information content (AvgIpc) is 2.13. The molecule has 0 radical (unpaired) electrons. The van der Waals surface area contributed by atoms with Gasteiger partial charge < -0.3 is 5.73 Å². The van der Waals surface area contributed by atoms with Crippen LogP contribution in [0.3, 0.4) is 0 Å². The molecule has 1 aromatic rings. The molecule has 0 unspecified atom stereocenters. The van der Waals surface area contributed by atoms with Crippen molar-refractivity contribution < 1.29 is 4.39 Å². The molecule has 1 rings (SSSR count). The minimum atomic E-state index is -0.186. The molecule has 0 aliphatic heterocycles. The number of aryl methyl sites for hydroxylation is 2. The first-order valence-corrected chi connectivity index (χ1v) is 4.77. The molecule has 0 amide bonds. The van der Waals surface area contributed by atoms with Crippen LogP contribution < -0.4 is 11.2 Å². The van der Waals surface area contributed by atoms with Gasteiger partial charge in [0.15, 0.2) is 5.11 Å². The van der Waals surface area contributed by atoms with Crippen molar-refractivity contribution in [2.45, 2.75) is 13.8 Å². The fourth-order valence-corrected chi connectivity index (χ4v) is 1.28. The Hall–Kier alpha value is -1.49. The van der Waals surface area contributed by atoms with Crippen molar-refractivity contribution in [2.24, 2.45) is 10.8 Å². The van der Waals surface area contributed by atoms with E-state index in [0.717, 1.165) is 5.56 Å². The van der Waals surface area contributed by atoms with Crippen molar-refractivity contribution in [3.05, 3.63) is 34.6 Å². The van der Waals surface area contributed by atoms with Crippen LogP contribution >= 0.6 is 12.2 Å². The van der Waals surface area contributed by atoms with Gasteiger partial charge in [0.1, 0.15) is 5.82 Å². The maximum atomic E-state index is 13.3. The Morgan fingerprint density at radius 1 is 1.47 bits per heavy atom. The van der Waals surface area contributed by atoms with Gasteiger partial charge in [-0.3, -0.25) is 5.43 Å². The van der Waals surface area contributed by atoms with Crippen LogP contribution in [0.2, 0.25) is 0 Å². The Kier molecular flexibility index (Phi) is 3.74. The second-order valence-electron chi connectivity index (χ2n) is 3.20. The molecule has 3 N–H and O–H groups in total. The highest BCUT2D eigenvalue weighted by Crippen LogP contribution is 2.13. The molecule has 5 heteroatoms. The molecular formula is C10H12FN3S. The maximum Gasteiger partial charge on any atom is 0.184 e. The summed E-state index contributed by atoms with van der Waals surface area (Å²) in [5.74, 6) is -0.186. The van der Waals surface area contributed by atoms with E-state index in [1.54, 1.807) is 32.2 Å². The molecule has 0 spiro atoms. The second-order valence-corrected chi connectivity index (χ2v) is 3.64. The minimum absolute atomic E-state index is 0.0989. The zero-order valence-electron chi connectivity index (χ0n) is 8.54. The van der Waals surface area contributed by atoms with Crippen molar-refractivity contribution >= 4 is 23.5 Å². The van der Waals surface area contributed by atoms with E-state index in [9.17, 15) is 4.39 Å². The highest BCUT2D eigenvalue weighted by atomic mass is 32.1. The number of hydrazone groups is 1. The van der Waals surface area contributed by atoms with Gasteiger partial charge in [0.25, 0.3) is 0 Å². The number of nitrogens with two attached hydrogens (primary N) is 1. The zero-order valence-corrected chi connectivity index (χ0v) is 9.36. The summed E-state index contributed by atoms with van der Waals surface area (Å²) in [5.41, 5.74) is 9.60. The van der Waals surface area contributed by atoms with Gasteiger partial charge in [-0.2, -0.15) is 5.10 Å². The molecule has 0 aliphatic carbocycles. The fourth-order valence-electron chi connectivity index (χ4n) is 1.22. The molecule has 15 heavy (non-hydrogen) atoms. The molecule has 3 nitrogen and oxygen atoms in total. The van der Waals surface area contributed by atoms with Gasteiger partial charge in [0.2, 0.25) is 0 Å². The van der Waals surface area contributed by atoms with Gasteiger partial charge in [-0.25, -0.2) is 4.39 Å². The smallest absolute Gasteiger partial charge is 0.184 e. The van der Waals surface area contributed by atoms with Gasteiger partial charge >= 0.3 is 0 Å². The number of nitrogens with zero attached hydrogens (tertiary/aromatic N) is 1. The van der Waals surface area contributed by atoms with Crippen molar-refractivity contribution in [1.82, 2.24) is 5.43 Å². The van der Waals surface area contributed by atoms with E-state index in [1.165, 1.54) is 0 Å². The number of thiocarbonyl (C=S) groups is 1. The summed E-state index contributed by atoms with van der Waals surface area (Å²) in [7, 11) is 0. The molecule has 0 bridgehead atoms. The lowest BCUT2D eigenvalue weighted by atomic mass is 10.1. The van der Waals surface area contributed by atoms with E-state index in [1.807, 2.05) is 0 Å². The van der Waals surface area contributed by atoms with Crippen LogP contribution in [0.25, 0.3) is 0 Å². The normalized spacial score (nSPS) is 10.6. The van der Waals surface area contributed by atoms with Crippen LogP contribution in [0.4, 0.5) is 4.39 Å². The van der Waals surface area contributed by atoms with E-state index in [4.69, 9.17) is 5.73 Å². The third-order valence-corrected chi connectivity index (χ3v) is 1.94. The predicted octanol–water partition coefficient (Wildman–Crippen LogP) is 1.61. The average molecular weight is 225 g/mol. The standard InChI is InChI=1S/C10H12FN3S/c1-6-3-8(4-7(2)9(6)11)5-13-14-10(12)15/h3-5H,1-2H3,(H3,12,14,15). The summed E-state index contributed by atoms with van der Waals surface area (Å²) in [5, 5.41) is 3.89.